The summed E-state index contributed by atoms with van der Waals surface area (Å²) in [6.07, 6.45) is 0.772. The summed E-state index contributed by atoms with van der Waals surface area (Å²) in [5, 5.41) is 18.6. The van der Waals surface area contributed by atoms with Crippen LogP contribution in [0.2, 0.25) is 0 Å². The summed E-state index contributed by atoms with van der Waals surface area (Å²) in [5.41, 5.74) is 0. The lowest BCUT2D eigenvalue weighted by atomic mass is 9.97. The molecule has 0 spiro atoms. The lowest BCUT2D eigenvalue weighted by Crippen LogP contribution is -2.22. The van der Waals surface area contributed by atoms with Gasteiger partial charge in [0.05, 0.1) is 25.4 Å². The Morgan fingerprint density at radius 1 is 1.55 bits per heavy atom. The molecule has 0 radical (unpaired) electrons. The molecule has 0 bridgehead atoms. The van der Waals surface area contributed by atoms with Gasteiger partial charge < -0.3 is 14.9 Å². The molecule has 1 aliphatic rings. The van der Waals surface area contributed by atoms with E-state index in [9.17, 15) is 10.2 Å². The standard InChI is InChI=1S/C8H16O3/c1-2-7(9)3-6-4-11-5-8(6)10/h6-10H,2-5H2,1H3. The molecule has 0 aliphatic carbocycles. The van der Waals surface area contributed by atoms with Crippen molar-refractivity contribution in [2.45, 2.75) is 32.0 Å². The second-order valence-corrected chi connectivity index (χ2v) is 3.16. The average Bonchev–Trinajstić information content (AvgIpc) is 2.37. The monoisotopic (exact) mass is 160 g/mol. The number of ether oxygens (including phenoxy) is 1. The zero-order valence-electron chi connectivity index (χ0n) is 6.86. The van der Waals surface area contributed by atoms with Crippen molar-refractivity contribution in [3.05, 3.63) is 0 Å². The molecule has 1 heterocycles. The number of hydrogen-bond acceptors (Lipinski definition) is 3. The van der Waals surface area contributed by atoms with Crippen LogP contribution in [0.25, 0.3) is 0 Å². The lowest BCUT2D eigenvalue weighted by Gasteiger charge is -2.15. The van der Waals surface area contributed by atoms with Crippen molar-refractivity contribution in [2.75, 3.05) is 13.2 Å². The summed E-state index contributed by atoms with van der Waals surface area (Å²) in [5.74, 6) is 0.143. The Kier molecular flexibility index (Phi) is 3.30. The zero-order chi connectivity index (χ0) is 8.27. The minimum Gasteiger partial charge on any atom is -0.393 e. The Morgan fingerprint density at radius 2 is 2.27 bits per heavy atom. The quantitative estimate of drug-likeness (QED) is 0.618. The topological polar surface area (TPSA) is 49.7 Å². The Bertz CT molecular complexity index is 116. The summed E-state index contributed by atoms with van der Waals surface area (Å²) >= 11 is 0. The molecule has 1 fully saturated rings. The molecule has 66 valence electrons. The van der Waals surface area contributed by atoms with E-state index < -0.39 is 0 Å². The second-order valence-electron chi connectivity index (χ2n) is 3.16. The van der Waals surface area contributed by atoms with Gasteiger partial charge >= 0.3 is 0 Å². The molecule has 3 heteroatoms. The Labute approximate surface area is 67.0 Å². The third kappa shape index (κ3) is 2.43. The summed E-state index contributed by atoms with van der Waals surface area (Å²) < 4.78 is 5.05. The van der Waals surface area contributed by atoms with Gasteiger partial charge in [0.2, 0.25) is 0 Å². The van der Waals surface area contributed by atoms with Gasteiger partial charge in [-0.3, -0.25) is 0 Å². The first-order valence-corrected chi connectivity index (χ1v) is 4.18. The van der Waals surface area contributed by atoms with Gasteiger partial charge in [0.1, 0.15) is 0 Å². The molecule has 0 aromatic carbocycles. The van der Waals surface area contributed by atoms with Crippen LogP contribution in [0.3, 0.4) is 0 Å². The summed E-state index contributed by atoms with van der Waals surface area (Å²) in [7, 11) is 0. The average molecular weight is 160 g/mol. The lowest BCUT2D eigenvalue weighted by molar-refractivity contribution is 0.0864. The largest absolute Gasteiger partial charge is 0.393 e. The van der Waals surface area contributed by atoms with E-state index >= 15 is 0 Å². The summed E-state index contributed by atoms with van der Waals surface area (Å²) in [4.78, 5) is 0. The van der Waals surface area contributed by atoms with Crippen molar-refractivity contribution in [3.8, 4) is 0 Å². The van der Waals surface area contributed by atoms with Crippen molar-refractivity contribution < 1.29 is 14.9 Å². The number of rotatable bonds is 3. The number of aliphatic hydroxyl groups is 2. The fourth-order valence-electron chi connectivity index (χ4n) is 1.33. The van der Waals surface area contributed by atoms with Crippen LogP contribution in [0.15, 0.2) is 0 Å². The molecule has 0 amide bonds. The van der Waals surface area contributed by atoms with E-state index in [0.29, 0.717) is 19.6 Å². The van der Waals surface area contributed by atoms with Crippen LogP contribution in [0.1, 0.15) is 19.8 Å². The second kappa shape index (κ2) is 4.04. The Morgan fingerprint density at radius 3 is 2.73 bits per heavy atom. The number of aliphatic hydroxyl groups excluding tert-OH is 2. The third-order valence-electron chi connectivity index (χ3n) is 2.21. The highest BCUT2D eigenvalue weighted by atomic mass is 16.5. The third-order valence-corrected chi connectivity index (χ3v) is 2.21. The Hall–Kier alpha value is -0.120. The summed E-state index contributed by atoms with van der Waals surface area (Å²) in [6, 6.07) is 0. The molecule has 3 unspecified atom stereocenters. The van der Waals surface area contributed by atoms with Crippen molar-refractivity contribution in [3.63, 3.8) is 0 Å². The van der Waals surface area contributed by atoms with Crippen molar-refractivity contribution >= 4 is 0 Å². The smallest absolute Gasteiger partial charge is 0.0824 e. The highest BCUT2D eigenvalue weighted by molar-refractivity contribution is 4.76. The predicted molar refractivity (Wildman–Crippen MR) is 41.2 cm³/mol. The number of hydrogen-bond donors (Lipinski definition) is 2. The van der Waals surface area contributed by atoms with Gasteiger partial charge in [0.25, 0.3) is 0 Å². The van der Waals surface area contributed by atoms with Gasteiger partial charge in [-0.1, -0.05) is 6.92 Å². The van der Waals surface area contributed by atoms with Crippen LogP contribution >= 0.6 is 0 Å². The van der Waals surface area contributed by atoms with Crippen LogP contribution in [0.4, 0.5) is 0 Å². The van der Waals surface area contributed by atoms with Crippen LogP contribution < -0.4 is 0 Å². The molecule has 1 rings (SSSR count). The highest BCUT2D eigenvalue weighted by Gasteiger charge is 2.27. The normalized spacial score (nSPS) is 34.1. The van der Waals surface area contributed by atoms with Crippen LogP contribution in [0, 0.1) is 5.92 Å². The van der Waals surface area contributed by atoms with E-state index in [1.807, 2.05) is 6.92 Å². The minimum atomic E-state index is -0.365. The fraction of sp³-hybridized carbons (Fsp3) is 1.00. The van der Waals surface area contributed by atoms with Crippen molar-refractivity contribution in [1.29, 1.82) is 0 Å². The molecule has 1 saturated heterocycles. The van der Waals surface area contributed by atoms with E-state index in [1.54, 1.807) is 0 Å². The SMILES string of the molecule is CCC(O)CC1COCC1O. The van der Waals surface area contributed by atoms with E-state index in [0.717, 1.165) is 6.42 Å². The van der Waals surface area contributed by atoms with Gasteiger partial charge in [0.15, 0.2) is 0 Å². The maximum absolute atomic E-state index is 9.30. The molecule has 3 atom stereocenters. The summed E-state index contributed by atoms with van der Waals surface area (Å²) in [6.45, 7) is 2.96. The first-order valence-electron chi connectivity index (χ1n) is 4.18. The molecule has 11 heavy (non-hydrogen) atoms. The molecule has 0 aromatic heterocycles. The van der Waals surface area contributed by atoms with Gasteiger partial charge in [-0.05, 0) is 12.8 Å². The highest BCUT2D eigenvalue weighted by Crippen LogP contribution is 2.19. The van der Waals surface area contributed by atoms with Crippen molar-refractivity contribution in [1.82, 2.24) is 0 Å². The zero-order valence-corrected chi connectivity index (χ0v) is 6.86. The van der Waals surface area contributed by atoms with Crippen LogP contribution in [-0.2, 0) is 4.74 Å². The molecule has 3 nitrogen and oxygen atoms in total. The van der Waals surface area contributed by atoms with Gasteiger partial charge in [-0.25, -0.2) is 0 Å². The molecular formula is C8H16O3. The van der Waals surface area contributed by atoms with Gasteiger partial charge in [-0.2, -0.15) is 0 Å². The first-order chi connectivity index (χ1) is 5.24. The van der Waals surface area contributed by atoms with E-state index in [-0.39, 0.29) is 18.1 Å². The Balaban J connectivity index is 2.24. The van der Waals surface area contributed by atoms with Gasteiger partial charge in [0, 0.05) is 5.92 Å². The minimum absolute atomic E-state index is 0.143. The van der Waals surface area contributed by atoms with Crippen LogP contribution in [-0.4, -0.2) is 35.6 Å². The van der Waals surface area contributed by atoms with Crippen molar-refractivity contribution in [2.24, 2.45) is 5.92 Å². The molecule has 2 N–H and O–H groups in total. The molecule has 0 saturated carbocycles. The van der Waals surface area contributed by atoms with Crippen LogP contribution in [0.5, 0.6) is 0 Å². The predicted octanol–water partition coefficient (Wildman–Crippen LogP) is 0.155. The molecular weight excluding hydrogens is 144 g/mol. The van der Waals surface area contributed by atoms with E-state index in [2.05, 4.69) is 0 Å². The molecule has 0 aromatic rings. The van der Waals surface area contributed by atoms with E-state index in [4.69, 9.17) is 4.74 Å². The van der Waals surface area contributed by atoms with E-state index in [1.165, 1.54) is 0 Å². The first kappa shape index (κ1) is 8.97. The molecule has 1 aliphatic heterocycles. The van der Waals surface area contributed by atoms with Gasteiger partial charge in [-0.15, -0.1) is 0 Å². The fourth-order valence-corrected chi connectivity index (χ4v) is 1.33. The maximum Gasteiger partial charge on any atom is 0.0824 e. The maximum atomic E-state index is 9.30.